The van der Waals surface area contributed by atoms with Crippen LogP contribution >= 0.6 is 0 Å². The van der Waals surface area contributed by atoms with Crippen molar-refractivity contribution in [3.8, 4) is 5.69 Å². The number of rotatable bonds is 2. The van der Waals surface area contributed by atoms with Gasteiger partial charge in [0, 0.05) is 11.4 Å². The van der Waals surface area contributed by atoms with E-state index in [1.54, 1.807) is 0 Å². The number of nitrogens with zero attached hydrogens (tertiary/aromatic N) is 2. The minimum atomic E-state index is -0.109. The number of fused-ring (bicyclic) bond motifs is 1. The van der Waals surface area contributed by atoms with Gasteiger partial charge in [-0.2, -0.15) is 0 Å². The molecule has 0 saturated heterocycles. The summed E-state index contributed by atoms with van der Waals surface area (Å²) in [6, 6.07) is 13.7. The molecule has 0 spiro atoms. The Morgan fingerprint density at radius 1 is 1.16 bits per heavy atom. The molecular formula is C15H15N3O. The van der Waals surface area contributed by atoms with Crippen molar-refractivity contribution in [1.29, 1.82) is 0 Å². The summed E-state index contributed by atoms with van der Waals surface area (Å²) in [4.78, 5) is 4.42. The van der Waals surface area contributed by atoms with Crippen molar-refractivity contribution in [1.82, 2.24) is 9.55 Å². The first-order valence-corrected chi connectivity index (χ1v) is 6.14. The number of aromatic nitrogens is 2. The van der Waals surface area contributed by atoms with E-state index in [0.717, 1.165) is 16.7 Å². The molecule has 0 saturated carbocycles. The van der Waals surface area contributed by atoms with E-state index in [-0.39, 0.29) is 6.61 Å². The average Bonchev–Trinajstić information content (AvgIpc) is 2.77. The molecule has 0 aliphatic carbocycles. The Hall–Kier alpha value is -2.33. The van der Waals surface area contributed by atoms with Crippen LogP contribution in [-0.2, 0) is 6.61 Å². The van der Waals surface area contributed by atoms with E-state index in [1.807, 2.05) is 54.0 Å². The molecule has 19 heavy (non-hydrogen) atoms. The number of nitrogen functional groups attached to an aromatic ring is 1. The van der Waals surface area contributed by atoms with Gasteiger partial charge >= 0.3 is 0 Å². The summed E-state index contributed by atoms with van der Waals surface area (Å²) < 4.78 is 1.95. The summed E-state index contributed by atoms with van der Waals surface area (Å²) >= 11 is 0. The van der Waals surface area contributed by atoms with E-state index in [0.29, 0.717) is 11.5 Å². The fraction of sp³-hybridized carbons (Fsp3) is 0.133. The van der Waals surface area contributed by atoms with E-state index < -0.39 is 0 Å². The molecule has 4 nitrogen and oxygen atoms in total. The zero-order valence-corrected chi connectivity index (χ0v) is 10.7. The normalized spacial score (nSPS) is 11.1. The molecule has 3 rings (SSSR count). The summed E-state index contributed by atoms with van der Waals surface area (Å²) in [7, 11) is 0. The van der Waals surface area contributed by atoms with Crippen molar-refractivity contribution in [2.45, 2.75) is 13.5 Å². The van der Waals surface area contributed by atoms with Crippen LogP contribution in [0.3, 0.4) is 0 Å². The van der Waals surface area contributed by atoms with Gasteiger partial charge in [-0.1, -0.05) is 17.7 Å². The summed E-state index contributed by atoms with van der Waals surface area (Å²) in [6.45, 7) is 1.94. The molecule has 2 aromatic carbocycles. The molecule has 0 bridgehead atoms. The second kappa shape index (κ2) is 4.40. The molecule has 96 valence electrons. The van der Waals surface area contributed by atoms with Crippen molar-refractivity contribution in [2.24, 2.45) is 0 Å². The van der Waals surface area contributed by atoms with Gasteiger partial charge in [0.25, 0.3) is 0 Å². The first-order chi connectivity index (χ1) is 9.19. The molecule has 0 amide bonds. The maximum Gasteiger partial charge on any atom is 0.140 e. The van der Waals surface area contributed by atoms with Crippen molar-refractivity contribution in [2.75, 3.05) is 5.73 Å². The number of aliphatic hydroxyl groups excluding tert-OH is 1. The first-order valence-electron chi connectivity index (χ1n) is 6.14. The lowest BCUT2D eigenvalue weighted by atomic mass is 10.2. The van der Waals surface area contributed by atoms with Crippen molar-refractivity contribution in [3.05, 3.63) is 53.9 Å². The average molecular weight is 253 g/mol. The van der Waals surface area contributed by atoms with Gasteiger partial charge in [0.05, 0.1) is 11.0 Å². The van der Waals surface area contributed by atoms with Crippen molar-refractivity contribution in [3.63, 3.8) is 0 Å². The van der Waals surface area contributed by atoms with E-state index in [2.05, 4.69) is 4.98 Å². The molecule has 0 radical (unpaired) electrons. The lowest BCUT2D eigenvalue weighted by Crippen LogP contribution is -2.00. The number of aryl methyl sites for hydroxylation is 1. The highest BCUT2D eigenvalue weighted by molar-refractivity contribution is 5.81. The first kappa shape index (κ1) is 11.7. The number of imidazole rings is 1. The predicted molar refractivity (Wildman–Crippen MR) is 76.1 cm³/mol. The van der Waals surface area contributed by atoms with Crippen LogP contribution in [0.25, 0.3) is 16.7 Å². The standard InChI is InChI=1S/C15H15N3O/c1-10-2-5-12(6-3-10)18-14-7-4-11(16)8-13(14)17-15(18)9-19/h2-8,19H,9,16H2,1H3. The Labute approximate surface area is 111 Å². The number of hydrogen-bond donors (Lipinski definition) is 2. The maximum absolute atomic E-state index is 9.49. The van der Waals surface area contributed by atoms with E-state index in [1.165, 1.54) is 5.56 Å². The molecule has 1 heterocycles. The molecule has 4 heteroatoms. The van der Waals surface area contributed by atoms with Crippen molar-refractivity contribution >= 4 is 16.7 Å². The van der Waals surface area contributed by atoms with Crippen LogP contribution in [0, 0.1) is 6.92 Å². The van der Waals surface area contributed by atoms with Crippen LogP contribution in [0.2, 0.25) is 0 Å². The third-order valence-corrected chi connectivity index (χ3v) is 3.18. The minimum Gasteiger partial charge on any atom is -0.399 e. The van der Waals surface area contributed by atoms with Crippen molar-refractivity contribution < 1.29 is 5.11 Å². The lowest BCUT2D eigenvalue weighted by Gasteiger charge is -2.08. The number of nitrogens with two attached hydrogens (primary N) is 1. The molecule has 0 fully saturated rings. The molecule has 0 unspecified atom stereocenters. The van der Waals surface area contributed by atoms with Crippen LogP contribution in [-0.4, -0.2) is 14.7 Å². The minimum absolute atomic E-state index is 0.109. The Morgan fingerprint density at radius 3 is 2.58 bits per heavy atom. The Balaban J connectivity index is 2.29. The number of anilines is 1. The second-order valence-corrected chi connectivity index (χ2v) is 4.61. The maximum atomic E-state index is 9.49. The highest BCUT2D eigenvalue weighted by Crippen LogP contribution is 2.23. The predicted octanol–water partition coefficient (Wildman–Crippen LogP) is 2.41. The number of aliphatic hydroxyl groups is 1. The van der Waals surface area contributed by atoms with Gasteiger partial charge in [0.2, 0.25) is 0 Å². The van der Waals surface area contributed by atoms with E-state index in [4.69, 9.17) is 5.73 Å². The number of benzene rings is 2. The van der Waals surface area contributed by atoms with Gasteiger partial charge in [-0.05, 0) is 37.3 Å². The Bertz CT molecular complexity index is 729. The smallest absolute Gasteiger partial charge is 0.140 e. The van der Waals surface area contributed by atoms with Gasteiger partial charge < -0.3 is 10.8 Å². The topological polar surface area (TPSA) is 64.1 Å². The summed E-state index contributed by atoms with van der Waals surface area (Å²) in [5.41, 5.74) is 10.4. The number of hydrogen-bond acceptors (Lipinski definition) is 3. The zero-order valence-electron chi connectivity index (χ0n) is 10.7. The molecule has 3 aromatic rings. The third kappa shape index (κ3) is 1.96. The van der Waals surface area contributed by atoms with Crippen LogP contribution in [0.15, 0.2) is 42.5 Å². The largest absolute Gasteiger partial charge is 0.399 e. The van der Waals surface area contributed by atoms with E-state index >= 15 is 0 Å². The third-order valence-electron chi connectivity index (χ3n) is 3.18. The van der Waals surface area contributed by atoms with Gasteiger partial charge in [-0.3, -0.25) is 4.57 Å². The summed E-state index contributed by atoms with van der Waals surface area (Å²) in [5.74, 6) is 0.615. The van der Waals surface area contributed by atoms with Crippen LogP contribution < -0.4 is 5.73 Å². The second-order valence-electron chi connectivity index (χ2n) is 4.61. The Kier molecular flexibility index (Phi) is 2.72. The highest BCUT2D eigenvalue weighted by atomic mass is 16.3. The van der Waals surface area contributed by atoms with Gasteiger partial charge in [-0.25, -0.2) is 4.98 Å². The Morgan fingerprint density at radius 2 is 1.89 bits per heavy atom. The van der Waals surface area contributed by atoms with E-state index in [9.17, 15) is 5.11 Å². The zero-order chi connectivity index (χ0) is 13.4. The highest BCUT2D eigenvalue weighted by Gasteiger charge is 2.11. The fourth-order valence-electron chi connectivity index (χ4n) is 2.24. The SMILES string of the molecule is Cc1ccc(-n2c(CO)nc3cc(N)ccc32)cc1. The molecular weight excluding hydrogens is 238 g/mol. The summed E-state index contributed by atoms with van der Waals surface area (Å²) in [6.07, 6.45) is 0. The molecule has 3 N–H and O–H groups in total. The van der Waals surface area contributed by atoms with Crippen LogP contribution in [0.1, 0.15) is 11.4 Å². The van der Waals surface area contributed by atoms with Crippen LogP contribution in [0.4, 0.5) is 5.69 Å². The lowest BCUT2D eigenvalue weighted by molar-refractivity contribution is 0.270. The van der Waals surface area contributed by atoms with Crippen LogP contribution in [0.5, 0.6) is 0 Å². The van der Waals surface area contributed by atoms with Gasteiger partial charge in [0.1, 0.15) is 12.4 Å². The monoisotopic (exact) mass is 253 g/mol. The molecule has 1 aromatic heterocycles. The van der Waals surface area contributed by atoms with Gasteiger partial charge in [-0.15, -0.1) is 0 Å². The summed E-state index contributed by atoms with van der Waals surface area (Å²) in [5, 5.41) is 9.49. The fourth-order valence-corrected chi connectivity index (χ4v) is 2.24. The molecule has 0 atom stereocenters. The molecule has 0 aliphatic rings. The quantitative estimate of drug-likeness (QED) is 0.689. The molecule has 0 aliphatic heterocycles. The van der Waals surface area contributed by atoms with Gasteiger partial charge in [0.15, 0.2) is 0 Å².